The van der Waals surface area contributed by atoms with Gasteiger partial charge in [-0.15, -0.1) is 0 Å². The van der Waals surface area contributed by atoms with Gasteiger partial charge >= 0.3 is 0 Å². The van der Waals surface area contributed by atoms with Crippen LogP contribution in [0.15, 0.2) is 67.0 Å². The van der Waals surface area contributed by atoms with E-state index in [4.69, 9.17) is 0 Å². The molecule has 0 fully saturated rings. The third-order valence-corrected chi connectivity index (χ3v) is 3.45. The summed E-state index contributed by atoms with van der Waals surface area (Å²) in [6.45, 7) is 2.34. The minimum atomic E-state index is -0.0276. The zero-order valence-corrected chi connectivity index (χ0v) is 13.0. The number of amides is 1. The summed E-state index contributed by atoms with van der Waals surface area (Å²) in [6.07, 6.45) is 3.83. The number of anilines is 1. The predicted octanol–water partition coefficient (Wildman–Crippen LogP) is 0.0784. The van der Waals surface area contributed by atoms with Crippen LogP contribution < -0.4 is 22.3 Å². The van der Waals surface area contributed by atoms with Crippen LogP contribution in [0.1, 0.15) is 5.56 Å². The first-order valence-corrected chi connectivity index (χ1v) is 6.96. The Hall–Kier alpha value is -2.39. The fourth-order valence-electron chi connectivity index (χ4n) is 2.33. The third kappa shape index (κ3) is 3.62. The van der Waals surface area contributed by atoms with Gasteiger partial charge in [0.05, 0.1) is 0 Å². The highest BCUT2D eigenvalue weighted by molar-refractivity contribution is 6.01. The summed E-state index contributed by atoms with van der Waals surface area (Å²) in [5.74, 6) is -0.0276. The Morgan fingerprint density at radius 3 is 2.45 bits per heavy atom. The minimum absolute atomic E-state index is 0. The second kappa shape index (κ2) is 7.05. The van der Waals surface area contributed by atoms with E-state index in [0.29, 0.717) is 6.54 Å². The Labute approximate surface area is 136 Å². The molecule has 0 unspecified atom stereocenters. The lowest BCUT2D eigenvalue weighted by molar-refractivity contribution is -0.684. The predicted molar refractivity (Wildman–Crippen MR) is 84.0 cm³/mol. The van der Waals surface area contributed by atoms with Gasteiger partial charge in [0.1, 0.15) is 0 Å². The van der Waals surface area contributed by atoms with Crippen LogP contribution in [0.3, 0.4) is 0 Å². The first kappa shape index (κ1) is 16.0. The van der Waals surface area contributed by atoms with E-state index in [2.05, 4.69) is 5.32 Å². The molecule has 0 aliphatic heterocycles. The molecule has 1 heterocycles. The standard InChI is InChI=1S/C18H16N2O.ClH/c1-14-9-11-20(12-10-14)13-18(21)19-17-8-4-6-15-5-2-3-7-16(15)17;/h2-12H,13H2,1H3;1H. The van der Waals surface area contributed by atoms with Crippen molar-refractivity contribution in [2.24, 2.45) is 0 Å². The summed E-state index contributed by atoms with van der Waals surface area (Å²) in [6, 6.07) is 17.9. The molecule has 0 saturated heterocycles. The van der Waals surface area contributed by atoms with Gasteiger partial charge in [-0.05, 0) is 23.9 Å². The zero-order chi connectivity index (χ0) is 14.7. The second-order valence-electron chi connectivity index (χ2n) is 5.12. The number of benzene rings is 2. The Morgan fingerprint density at radius 2 is 1.68 bits per heavy atom. The van der Waals surface area contributed by atoms with Crippen LogP contribution >= 0.6 is 0 Å². The van der Waals surface area contributed by atoms with E-state index in [0.717, 1.165) is 16.5 Å². The molecular formula is C18H17ClN2O. The molecule has 0 aliphatic rings. The molecule has 112 valence electrons. The molecular weight excluding hydrogens is 296 g/mol. The van der Waals surface area contributed by atoms with Crippen molar-refractivity contribution >= 4 is 22.4 Å². The number of aromatic nitrogens is 1. The number of hydrogen-bond acceptors (Lipinski definition) is 1. The molecule has 0 bridgehead atoms. The molecule has 0 saturated carbocycles. The molecule has 1 N–H and O–H groups in total. The van der Waals surface area contributed by atoms with Crippen LogP contribution in [0.5, 0.6) is 0 Å². The lowest BCUT2D eigenvalue weighted by Gasteiger charge is -2.07. The fraction of sp³-hybridized carbons (Fsp3) is 0.111. The maximum Gasteiger partial charge on any atom is 0.290 e. The molecule has 2 aromatic carbocycles. The van der Waals surface area contributed by atoms with Gasteiger partial charge in [0.2, 0.25) is 6.54 Å². The number of pyridine rings is 1. The number of aryl methyl sites for hydroxylation is 1. The molecule has 0 spiro atoms. The maximum absolute atomic E-state index is 12.2. The van der Waals surface area contributed by atoms with E-state index in [1.807, 2.05) is 78.5 Å². The van der Waals surface area contributed by atoms with Gasteiger partial charge in [0, 0.05) is 23.2 Å². The van der Waals surface area contributed by atoms with Crippen LogP contribution in [0.4, 0.5) is 5.69 Å². The van der Waals surface area contributed by atoms with E-state index in [9.17, 15) is 4.79 Å². The molecule has 3 nitrogen and oxygen atoms in total. The van der Waals surface area contributed by atoms with Crippen molar-refractivity contribution in [2.75, 3.05) is 5.32 Å². The number of nitrogens with one attached hydrogen (secondary N) is 1. The third-order valence-electron chi connectivity index (χ3n) is 3.45. The Bertz CT molecular complexity index is 779. The summed E-state index contributed by atoms with van der Waals surface area (Å²) in [7, 11) is 0. The van der Waals surface area contributed by atoms with Gasteiger partial charge in [-0.1, -0.05) is 36.4 Å². The molecule has 4 heteroatoms. The van der Waals surface area contributed by atoms with Crippen LogP contribution in [0.2, 0.25) is 0 Å². The van der Waals surface area contributed by atoms with Gasteiger partial charge in [-0.25, -0.2) is 0 Å². The molecule has 0 aliphatic carbocycles. The van der Waals surface area contributed by atoms with E-state index in [1.165, 1.54) is 5.56 Å². The van der Waals surface area contributed by atoms with Crippen molar-refractivity contribution in [1.29, 1.82) is 0 Å². The molecule has 22 heavy (non-hydrogen) atoms. The van der Waals surface area contributed by atoms with Crippen molar-refractivity contribution in [3.05, 3.63) is 72.6 Å². The lowest BCUT2D eigenvalue weighted by Crippen LogP contribution is -3.00. The molecule has 1 amide bonds. The number of carbonyl (C=O) groups excluding carboxylic acids is 1. The topological polar surface area (TPSA) is 33.0 Å². The highest BCUT2D eigenvalue weighted by Crippen LogP contribution is 2.22. The summed E-state index contributed by atoms with van der Waals surface area (Å²) < 4.78 is 1.87. The second-order valence-corrected chi connectivity index (χ2v) is 5.12. The summed E-state index contributed by atoms with van der Waals surface area (Å²) >= 11 is 0. The lowest BCUT2D eigenvalue weighted by atomic mass is 10.1. The van der Waals surface area contributed by atoms with Crippen molar-refractivity contribution in [3.8, 4) is 0 Å². The summed E-state index contributed by atoms with van der Waals surface area (Å²) in [4.78, 5) is 12.2. The molecule has 0 atom stereocenters. The average Bonchev–Trinajstić information content (AvgIpc) is 2.50. The van der Waals surface area contributed by atoms with Gasteiger partial charge < -0.3 is 17.7 Å². The van der Waals surface area contributed by atoms with E-state index < -0.39 is 0 Å². The molecule has 3 aromatic rings. The minimum Gasteiger partial charge on any atom is -1.00 e. The highest BCUT2D eigenvalue weighted by atomic mass is 35.5. The van der Waals surface area contributed by atoms with Crippen molar-refractivity contribution < 1.29 is 21.8 Å². The van der Waals surface area contributed by atoms with E-state index >= 15 is 0 Å². The van der Waals surface area contributed by atoms with Gasteiger partial charge in [0.25, 0.3) is 5.91 Å². The van der Waals surface area contributed by atoms with Crippen LogP contribution in [0, 0.1) is 6.92 Å². The molecule has 1 aromatic heterocycles. The smallest absolute Gasteiger partial charge is 0.290 e. The van der Waals surface area contributed by atoms with E-state index in [1.54, 1.807) is 0 Å². The SMILES string of the molecule is Cc1cc[n+](CC(=O)Nc2cccc3ccccc23)cc1.[Cl-]. The van der Waals surface area contributed by atoms with Crippen LogP contribution in [-0.2, 0) is 11.3 Å². The zero-order valence-electron chi connectivity index (χ0n) is 12.3. The highest BCUT2D eigenvalue weighted by Gasteiger charge is 2.10. The number of fused-ring (bicyclic) bond motifs is 1. The fourth-order valence-corrected chi connectivity index (χ4v) is 2.33. The van der Waals surface area contributed by atoms with Gasteiger partial charge in [-0.3, -0.25) is 4.79 Å². The first-order chi connectivity index (χ1) is 10.2. The number of halogens is 1. The van der Waals surface area contributed by atoms with Crippen LogP contribution in [-0.4, -0.2) is 5.91 Å². The number of hydrogen-bond donors (Lipinski definition) is 1. The Balaban J connectivity index is 0.00000176. The largest absolute Gasteiger partial charge is 1.00 e. The molecule has 3 rings (SSSR count). The molecule has 0 radical (unpaired) electrons. The maximum atomic E-state index is 12.2. The Kier molecular flexibility index (Phi) is 5.12. The Morgan fingerprint density at radius 1 is 1.00 bits per heavy atom. The van der Waals surface area contributed by atoms with Gasteiger partial charge in [0.15, 0.2) is 12.4 Å². The number of rotatable bonds is 3. The van der Waals surface area contributed by atoms with E-state index in [-0.39, 0.29) is 18.3 Å². The van der Waals surface area contributed by atoms with Crippen molar-refractivity contribution in [1.82, 2.24) is 0 Å². The van der Waals surface area contributed by atoms with Crippen LogP contribution in [0.25, 0.3) is 10.8 Å². The number of carbonyl (C=O) groups is 1. The quantitative estimate of drug-likeness (QED) is 0.683. The first-order valence-electron chi connectivity index (χ1n) is 6.96. The monoisotopic (exact) mass is 312 g/mol. The average molecular weight is 313 g/mol. The summed E-state index contributed by atoms with van der Waals surface area (Å²) in [5.41, 5.74) is 2.03. The number of nitrogens with zero attached hydrogens (tertiary/aromatic N) is 1. The van der Waals surface area contributed by atoms with Crippen molar-refractivity contribution in [3.63, 3.8) is 0 Å². The normalized spacial score (nSPS) is 10.0. The van der Waals surface area contributed by atoms with Gasteiger partial charge in [-0.2, -0.15) is 4.57 Å². The van der Waals surface area contributed by atoms with Crippen molar-refractivity contribution in [2.45, 2.75) is 13.5 Å². The summed E-state index contributed by atoms with van der Waals surface area (Å²) in [5, 5.41) is 5.17.